The molecule has 1 atom stereocenters. The van der Waals surface area contributed by atoms with E-state index in [1.165, 1.54) is 12.8 Å². The van der Waals surface area contributed by atoms with Crippen LogP contribution in [0.4, 0.5) is 0 Å². The van der Waals surface area contributed by atoms with Crippen molar-refractivity contribution in [2.45, 2.75) is 59.9 Å². The maximum atomic E-state index is 11.8. The number of hydrogen-bond donors (Lipinski definition) is 1. The normalized spacial score (nSPS) is 12.8. The minimum Gasteiger partial charge on any atom is -0.342 e. The summed E-state index contributed by atoms with van der Waals surface area (Å²) in [7, 11) is 0. The van der Waals surface area contributed by atoms with Gasteiger partial charge in [-0.1, -0.05) is 26.7 Å². The Balaban J connectivity index is 3.68. The summed E-state index contributed by atoms with van der Waals surface area (Å²) in [4.78, 5) is 13.6. The quantitative estimate of drug-likeness (QED) is 0.674. The Labute approximate surface area is 107 Å². The fraction of sp³-hybridized carbons (Fsp3) is 0.929. The Kier molecular flexibility index (Phi) is 9.14. The number of nitrogens with zero attached hydrogens (tertiary/aromatic N) is 1. The van der Waals surface area contributed by atoms with Gasteiger partial charge in [0.2, 0.25) is 5.91 Å². The van der Waals surface area contributed by atoms with Crippen LogP contribution in [0.25, 0.3) is 0 Å². The Morgan fingerprint density at radius 3 is 2.18 bits per heavy atom. The average Bonchev–Trinajstić information content (AvgIpc) is 2.27. The molecule has 0 aromatic carbocycles. The molecule has 3 heteroatoms. The number of carbonyl (C=O) groups is 1. The van der Waals surface area contributed by atoms with Gasteiger partial charge >= 0.3 is 0 Å². The van der Waals surface area contributed by atoms with Gasteiger partial charge in [0.25, 0.3) is 0 Å². The van der Waals surface area contributed by atoms with Crippen LogP contribution in [0.1, 0.15) is 53.9 Å². The highest BCUT2D eigenvalue weighted by Gasteiger charge is 2.10. The smallest absolute Gasteiger partial charge is 0.236 e. The molecule has 0 aromatic rings. The van der Waals surface area contributed by atoms with Crippen molar-refractivity contribution in [3.05, 3.63) is 0 Å². The van der Waals surface area contributed by atoms with Crippen molar-refractivity contribution < 1.29 is 4.79 Å². The second kappa shape index (κ2) is 9.46. The van der Waals surface area contributed by atoms with E-state index in [-0.39, 0.29) is 5.91 Å². The zero-order valence-electron chi connectivity index (χ0n) is 12.3. The lowest BCUT2D eigenvalue weighted by atomic mass is 10.0. The number of rotatable bonds is 9. The van der Waals surface area contributed by atoms with Gasteiger partial charge in [0, 0.05) is 19.1 Å². The SMILES string of the molecule is CCN(CC)C(=O)CNC(C)CCCC(C)C. The number of carbonyl (C=O) groups excluding carboxylic acids is 1. The van der Waals surface area contributed by atoms with Gasteiger partial charge in [-0.25, -0.2) is 0 Å². The Morgan fingerprint density at radius 1 is 1.12 bits per heavy atom. The van der Waals surface area contributed by atoms with Crippen molar-refractivity contribution in [1.82, 2.24) is 10.2 Å². The van der Waals surface area contributed by atoms with E-state index < -0.39 is 0 Å². The molecule has 1 unspecified atom stereocenters. The molecule has 0 saturated carbocycles. The minimum atomic E-state index is 0.214. The average molecular weight is 242 g/mol. The van der Waals surface area contributed by atoms with Crippen LogP contribution in [0, 0.1) is 5.92 Å². The Hall–Kier alpha value is -0.570. The molecule has 0 rings (SSSR count). The van der Waals surface area contributed by atoms with E-state index >= 15 is 0 Å². The Morgan fingerprint density at radius 2 is 1.71 bits per heavy atom. The van der Waals surface area contributed by atoms with Crippen molar-refractivity contribution in [2.24, 2.45) is 5.92 Å². The van der Waals surface area contributed by atoms with Crippen molar-refractivity contribution in [3.63, 3.8) is 0 Å². The van der Waals surface area contributed by atoms with Crippen molar-refractivity contribution in [1.29, 1.82) is 0 Å². The fourth-order valence-electron chi connectivity index (χ4n) is 1.88. The molecule has 0 aromatic heterocycles. The topological polar surface area (TPSA) is 32.3 Å². The van der Waals surface area contributed by atoms with E-state index in [2.05, 4.69) is 26.1 Å². The highest BCUT2D eigenvalue weighted by Crippen LogP contribution is 2.08. The van der Waals surface area contributed by atoms with Gasteiger partial charge in [-0.15, -0.1) is 0 Å². The van der Waals surface area contributed by atoms with Gasteiger partial charge in [0.05, 0.1) is 6.54 Å². The van der Waals surface area contributed by atoms with Crippen LogP contribution in [0.15, 0.2) is 0 Å². The lowest BCUT2D eigenvalue weighted by Gasteiger charge is -2.20. The van der Waals surface area contributed by atoms with E-state index in [0.717, 1.165) is 25.4 Å². The molecule has 0 fully saturated rings. The summed E-state index contributed by atoms with van der Waals surface area (Å²) < 4.78 is 0. The highest BCUT2D eigenvalue weighted by atomic mass is 16.2. The summed E-state index contributed by atoms with van der Waals surface area (Å²) in [5.41, 5.74) is 0. The molecule has 1 amide bonds. The largest absolute Gasteiger partial charge is 0.342 e. The molecule has 1 N–H and O–H groups in total. The third-order valence-corrected chi connectivity index (χ3v) is 3.14. The lowest BCUT2D eigenvalue weighted by Crippen LogP contribution is -2.40. The maximum absolute atomic E-state index is 11.8. The first kappa shape index (κ1) is 16.4. The van der Waals surface area contributed by atoms with Crippen LogP contribution in [-0.4, -0.2) is 36.5 Å². The second-order valence-corrected chi connectivity index (χ2v) is 5.17. The molecule has 0 aliphatic rings. The molecule has 0 aliphatic carbocycles. The first-order chi connectivity index (χ1) is 8.01. The standard InChI is InChI=1S/C14H30N2O/c1-6-16(7-2)14(17)11-15-13(5)10-8-9-12(3)4/h12-13,15H,6-11H2,1-5H3. The number of likely N-dealkylation sites (N-methyl/N-ethyl adjacent to an activating group) is 1. The van der Waals surface area contributed by atoms with Gasteiger partial charge in [0.1, 0.15) is 0 Å². The molecule has 102 valence electrons. The van der Waals surface area contributed by atoms with Crippen LogP contribution in [-0.2, 0) is 4.79 Å². The van der Waals surface area contributed by atoms with E-state index in [9.17, 15) is 4.79 Å². The third-order valence-electron chi connectivity index (χ3n) is 3.14. The molecular weight excluding hydrogens is 212 g/mol. The summed E-state index contributed by atoms with van der Waals surface area (Å²) in [6.07, 6.45) is 3.67. The minimum absolute atomic E-state index is 0.214. The predicted octanol–water partition coefficient (Wildman–Crippen LogP) is 2.66. The van der Waals surface area contributed by atoms with E-state index in [1.54, 1.807) is 0 Å². The number of amides is 1. The molecule has 0 spiro atoms. The molecular formula is C14H30N2O. The van der Waals surface area contributed by atoms with Crippen molar-refractivity contribution >= 4 is 5.91 Å². The summed E-state index contributed by atoms with van der Waals surface area (Å²) in [6.45, 7) is 12.8. The summed E-state index contributed by atoms with van der Waals surface area (Å²) >= 11 is 0. The molecule has 0 radical (unpaired) electrons. The van der Waals surface area contributed by atoms with E-state index in [0.29, 0.717) is 12.6 Å². The summed E-state index contributed by atoms with van der Waals surface area (Å²) in [5.74, 6) is 0.991. The molecule has 3 nitrogen and oxygen atoms in total. The zero-order chi connectivity index (χ0) is 13.3. The lowest BCUT2D eigenvalue weighted by molar-refractivity contribution is -0.129. The summed E-state index contributed by atoms with van der Waals surface area (Å²) in [5, 5.41) is 3.31. The van der Waals surface area contributed by atoms with Gasteiger partial charge in [-0.3, -0.25) is 4.79 Å². The first-order valence-corrected chi connectivity index (χ1v) is 7.02. The van der Waals surface area contributed by atoms with Crippen LogP contribution in [0.2, 0.25) is 0 Å². The van der Waals surface area contributed by atoms with Gasteiger partial charge < -0.3 is 10.2 Å². The van der Waals surface area contributed by atoms with Crippen LogP contribution in [0.3, 0.4) is 0 Å². The molecule has 0 bridgehead atoms. The second-order valence-electron chi connectivity index (χ2n) is 5.17. The van der Waals surface area contributed by atoms with Crippen LogP contribution in [0.5, 0.6) is 0 Å². The van der Waals surface area contributed by atoms with Crippen molar-refractivity contribution in [3.8, 4) is 0 Å². The van der Waals surface area contributed by atoms with Gasteiger partial charge in [0.15, 0.2) is 0 Å². The molecule has 17 heavy (non-hydrogen) atoms. The number of nitrogens with one attached hydrogen (secondary N) is 1. The van der Waals surface area contributed by atoms with E-state index in [4.69, 9.17) is 0 Å². The van der Waals surface area contributed by atoms with Gasteiger partial charge in [-0.05, 0) is 33.1 Å². The fourth-order valence-corrected chi connectivity index (χ4v) is 1.88. The molecule has 0 aliphatic heterocycles. The van der Waals surface area contributed by atoms with Crippen LogP contribution >= 0.6 is 0 Å². The van der Waals surface area contributed by atoms with Crippen LogP contribution < -0.4 is 5.32 Å². The highest BCUT2D eigenvalue weighted by molar-refractivity contribution is 5.78. The molecule has 0 heterocycles. The zero-order valence-corrected chi connectivity index (χ0v) is 12.3. The monoisotopic (exact) mass is 242 g/mol. The first-order valence-electron chi connectivity index (χ1n) is 7.02. The van der Waals surface area contributed by atoms with Gasteiger partial charge in [-0.2, -0.15) is 0 Å². The Bertz CT molecular complexity index is 200. The maximum Gasteiger partial charge on any atom is 0.236 e. The third kappa shape index (κ3) is 8.19. The predicted molar refractivity (Wildman–Crippen MR) is 74.1 cm³/mol. The summed E-state index contributed by atoms with van der Waals surface area (Å²) in [6, 6.07) is 0.438. The van der Waals surface area contributed by atoms with E-state index in [1.807, 2.05) is 18.7 Å². The van der Waals surface area contributed by atoms with Crippen molar-refractivity contribution in [2.75, 3.05) is 19.6 Å². The number of hydrogen-bond acceptors (Lipinski definition) is 2. The molecule has 0 saturated heterocycles.